The van der Waals surface area contributed by atoms with Crippen LogP contribution in [0, 0.1) is 11.6 Å². The number of pyridine rings is 2. The molecule has 5 N–H and O–H groups in total. The molecular formula is C32H27F2N5O3. The van der Waals surface area contributed by atoms with Crippen LogP contribution in [0.5, 0.6) is 0 Å². The first-order valence-corrected chi connectivity index (χ1v) is 13.6. The molecule has 0 aliphatic heterocycles. The van der Waals surface area contributed by atoms with Gasteiger partial charge in [0.25, 0.3) is 5.56 Å². The van der Waals surface area contributed by atoms with Gasteiger partial charge in [-0.25, -0.2) is 8.78 Å². The number of halogens is 2. The summed E-state index contributed by atoms with van der Waals surface area (Å²) in [6.07, 6.45) is 5.20. The Balaban J connectivity index is 1.34. The zero-order chi connectivity index (χ0) is 29.4. The standard InChI is InChI=1S/C32H27F2N5O3/c33-22-9-17(10-23(34)14-22)11-27(30-24(5-2-8-36-30)19-3-1-4-20(12-19)31(35)41)38-28(40)13-21-16-37-26-15-25(18-6-7-18)32(42)39-29(21)26/h1-5,8-10,12,14-16,18,27,37H,6-7,11,13H2,(H2,35,41)(H,38,40)(H,39,42)/t27-/m0/s1. The van der Waals surface area contributed by atoms with Gasteiger partial charge in [-0.3, -0.25) is 19.4 Å². The van der Waals surface area contributed by atoms with E-state index in [1.54, 1.807) is 48.8 Å². The van der Waals surface area contributed by atoms with Crippen LogP contribution in [0.1, 0.15) is 57.5 Å². The molecule has 8 nitrogen and oxygen atoms in total. The van der Waals surface area contributed by atoms with Crippen LogP contribution in [0.3, 0.4) is 0 Å². The van der Waals surface area contributed by atoms with Crippen LogP contribution in [0.4, 0.5) is 8.78 Å². The number of nitrogens with one attached hydrogen (secondary N) is 3. The van der Waals surface area contributed by atoms with E-state index in [0.717, 1.165) is 30.0 Å². The van der Waals surface area contributed by atoms with Crippen molar-refractivity contribution in [2.45, 2.75) is 37.6 Å². The number of amides is 2. The van der Waals surface area contributed by atoms with Gasteiger partial charge in [-0.1, -0.05) is 18.2 Å². The fourth-order valence-electron chi connectivity index (χ4n) is 5.37. The highest BCUT2D eigenvalue weighted by Crippen LogP contribution is 2.39. The summed E-state index contributed by atoms with van der Waals surface area (Å²) < 4.78 is 28.2. The third-order valence-corrected chi connectivity index (χ3v) is 7.49. The maximum atomic E-state index is 14.1. The van der Waals surface area contributed by atoms with E-state index in [0.29, 0.717) is 39.0 Å². The van der Waals surface area contributed by atoms with Gasteiger partial charge >= 0.3 is 0 Å². The minimum atomic E-state index is -0.794. The number of nitrogens with two attached hydrogens (primary N) is 1. The van der Waals surface area contributed by atoms with Crippen LogP contribution in [0.25, 0.3) is 22.2 Å². The topological polar surface area (TPSA) is 134 Å². The third kappa shape index (κ3) is 5.69. The Hall–Kier alpha value is -5.12. The van der Waals surface area contributed by atoms with Crippen molar-refractivity contribution in [1.29, 1.82) is 0 Å². The normalized spacial score (nSPS) is 13.7. The summed E-state index contributed by atoms with van der Waals surface area (Å²) >= 11 is 0. The van der Waals surface area contributed by atoms with E-state index in [4.69, 9.17) is 5.73 Å². The number of hydrogen-bond acceptors (Lipinski definition) is 4. The first-order chi connectivity index (χ1) is 20.2. The molecule has 1 aliphatic carbocycles. The molecular weight excluding hydrogens is 540 g/mol. The maximum absolute atomic E-state index is 14.1. The Kier molecular flexibility index (Phi) is 7.12. The molecule has 1 aliphatic rings. The number of H-pyrrole nitrogens is 2. The first kappa shape index (κ1) is 27.1. The minimum absolute atomic E-state index is 0.0371. The molecule has 3 heterocycles. The average molecular weight is 568 g/mol. The largest absolute Gasteiger partial charge is 0.366 e. The number of aromatic nitrogens is 3. The Morgan fingerprint density at radius 1 is 1.05 bits per heavy atom. The lowest BCUT2D eigenvalue weighted by molar-refractivity contribution is -0.121. The van der Waals surface area contributed by atoms with Gasteiger partial charge in [-0.15, -0.1) is 0 Å². The monoisotopic (exact) mass is 567 g/mol. The average Bonchev–Trinajstić information content (AvgIpc) is 3.74. The molecule has 1 saturated carbocycles. The number of fused-ring (bicyclic) bond motifs is 1. The van der Waals surface area contributed by atoms with Crippen LogP contribution in [-0.2, 0) is 17.6 Å². The number of nitrogens with zero attached hydrogens (tertiary/aromatic N) is 1. The van der Waals surface area contributed by atoms with Gasteiger partial charge in [0.05, 0.1) is 29.2 Å². The van der Waals surface area contributed by atoms with Gasteiger partial charge in [0.2, 0.25) is 11.8 Å². The van der Waals surface area contributed by atoms with Crippen molar-refractivity contribution >= 4 is 22.8 Å². The second-order valence-corrected chi connectivity index (χ2v) is 10.6. The molecule has 2 aromatic carbocycles. The van der Waals surface area contributed by atoms with Gasteiger partial charge in [-0.05, 0) is 72.7 Å². The summed E-state index contributed by atoms with van der Waals surface area (Å²) in [4.78, 5) is 48.5. The van der Waals surface area contributed by atoms with E-state index in [9.17, 15) is 23.2 Å². The summed E-state index contributed by atoms with van der Waals surface area (Å²) in [7, 11) is 0. The van der Waals surface area contributed by atoms with Crippen LogP contribution < -0.4 is 16.6 Å². The van der Waals surface area contributed by atoms with Crippen molar-refractivity contribution in [3.05, 3.63) is 123 Å². The van der Waals surface area contributed by atoms with Crippen LogP contribution in [-0.4, -0.2) is 26.8 Å². The molecule has 0 spiro atoms. The Bertz CT molecular complexity index is 1870. The molecule has 0 radical (unpaired) electrons. The zero-order valence-electron chi connectivity index (χ0n) is 22.4. The van der Waals surface area contributed by atoms with Crippen molar-refractivity contribution in [2.75, 3.05) is 0 Å². The van der Waals surface area contributed by atoms with Crippen molar-refractivity contribution in [2.24, 2.45) is 5.73 Å². The van der Waals surface area contributed by atoms with E-state index < -0.39 is 23.6 Å². The smallest absolute Gasteiger partial charge is 0.252 e. The van der Waals surface area contributed by atoms with Gasteiger partial charge < -0.3 is 21.0 Å². The summed E-state index contributed by atoms with van der Waals surface area (Å²) in [6.45, 7) is 0. The molecule has 5 aromatic rings. The maximum Gasteiger partial charge on any atom is 0.252 e. The third-order valence-electron chi connectivity index (χ3n) is 7.49. The predicted molar refractivity (Wildman–Crippen MR) is 154 cm³/mol. The summed E-state index contributed by atoms with van der Waals surface area (Å²) in [5.74, 6) is -2.17. The minimum Gasteiger partial charge on any atom is -0.366 e. The SMILES string of the molecule is NC(=O)c1cccc(-c2cccnc2[C@H](Cc2cc(F)cc(F)c2)NC(=O)Cc2c[nH]c3cc(C4CC4)c(=O)[nH]c23)c1. The second kappa shape index (κ2) is 11.0. The molecule has 2 amide bonds. The quantitative estimate of drug-likeness (QED) is 0.203. The van der Waals surface area contributed by atoms with Gasteiger partial charge in [0, 0.05) is 40.7 Å². The van der Waals surface area contributed by atoms with E-state index >= 15 is 0 Å². The highest BCUT2D eigenvalue weighted by Gasteiger charge is 2.27. The Labute approximate surface area is 239 Å². The summed E-state index contributed by atoms with van der Waals surface area (Å²) in [5.41, 5.74) is 10.3. The molecule has 10 heteroatoms. The number of carbonyl (C=O) groups is 2. The fraction of sp³-hybridized carbons (Fsp3) is 0.188. The van der Waals surface area contributed by atoms with E-state index in [1.807, 2.05) is 6.07 Å². The Morgan fingerprint density at radius 2 is 1.83 bits per heavy atom. The zero-order valence-corrected chi connectivity index (χ0v) is 22.4. The summed E-state index contributed by atoms with van der Waals surface area (Å²) in [6, 6.07) is 14.4. The number of rotatable bonds is 9. The number of benzene rings is 2. The van der Waals surface area contributed by atoms with Crippen molar-refractivity contribution < 1.29 is 18.4 Å². The summed E-state index contributed by atoms with van der Waals surface area (Å²) in [5, 5.41) is 2.98. The lowest BCUT2D eigenvalue weighted by Gasteiger charge is -2.22. The molecule has 1 atom stereocenters. The molecule has 42 heavy (non-hydrogen) atoms. The van der Waals surface area contributed by atoms with Crippen LogP contribution in [0.2, 0.25) is 0 Å². The van der Waals surface area contributed by atoms with Gasteiger partial charge in [0.1, 0.15) is 11.6 Å². The van der Waals surface area contributed by atoms with E-state index in [2.05, 4.69) is 20.3 Å². The molecule has 6 rings (SSSR count). The lowest BCUT2D eigenvalue weighted by atomic mass is 9.94. The highest BCUT2D eigenvalue weighted by atomic mass is 19.1. The van der Waals surface area contributed by atoms with E-state index in [-0.39, 0.29) is 30.2 Å². The van der Waals surface area contributed by atoms with Gasteiger partial charge in [0.15, 0.2) is 0 Å². The van der Waals surface area contributed by atoms with Crippen molar-refractivity contribution in [3.63, 3.8) is 0 Å². The number of aromatic amines is 2. The van der Waals surface area contributed by atoms with E-state index in [1.165, 1.54) is 12.1 Å². The Morgan fingerprint density at radius 3 is 2.57 bits per heavy atom. The molecule has 1 fully saturated rings. The molecule has 0 saturated heterocycles. The van der Waals surface area contributed by atoms with Crippen LogP contribution >= 0.6 is 0 Å². The van der Waals surface area contributed by atoms with Gasteiger partial charge in [-0.2, -0.15) is 0 Å². The molecule has 0 bridgehead atoms. The first-order valence-electron chi connectivity index (χ1n) is 13.6. The molecule has 212 valence electrons. The molecule has 3 aromatic heterocycles. The second-order valence-electron chi connectivity index (χ2n) is 10.6. The highest BCUT2D eigenvalue weighted by molar-refractivity contribution is 5.94. The van der Waals surface area contributed by atoms with Crippen molar-refractivity contribution in [1.82, 2.24) is 20.3 Å². The lowest BCUT2D eigenvalue weighted by Crippen LogP contribution is -2.32. The van der Waals surface area contributed by atoms with Crippen molar-refractivity contribution in [3.8, 4) is 11.1 Å². The molecule has 0 unspecified atom stereocenters. The number of primary amides is 1. The van der Waals surface area contributed by atoms with Crippen LogP contribution in [0.15, 0.2) is 77.9 Å². The number of hydrogen-bond donors (Lipinski definition) is 4. The number of carbonyl (C=O) groups excluding carboxylic acids is 2. The predicted octanol–water partition coefficient (Wildman–Crippen LogP) is 4.82. The fourth-order valence-corrected chi connectivity index (χ4v) is 5.37.